The number of carbonyl (C=O) groups excluding carboxylic acids is 3. The van der Waals surface area contributed by atoms with E-state index in [1.54, 1.807) is 52.3 Å². The van der Waals surface area contributed by atoms with E-state index in [4.69, 9.17) is 0 Å². The zero-order valence-corrected chi connectivity index (χ0v) is 18.5. The van der Waals surface area contributed by atoms with Crippen LogP contribution < -0.4 is 10.2 Å². The summed E-state index contributed by atoms with van der Waals surface area (Å²) in [6.07, 6.45) is 1.43. The highest BCUT2D eigenvalue weighted by Crippen LogP contribution is 2.33. The fourth-order valence-electron chi connectivity index (χ4n) is 4.70. The van der Waals surface area contributed by atoms with Crippen LogP contribution in [0.4, 0.5) is 10.1 Å². The number of nitrogens with zero attached hydrogens (tertiary/aromatic N) is 2. The topological polar surface area (TPSA) is 69.7 Å². The van der Waals surface area contributed by atoms with Crippen LogP contribution >= 0.6 is 0 Å². The Bertz CT molecular complexity index is 1260. The van der Waals surface area contributed by atoms with Crippen molar-refractivity contribution >= 4 is 23.4 Å². The molecule has 0 aromatic heterocycles. The van der Waals surface area contributed by atoms with Crippen LogP contribution in [0.1, 0.15) is 44.7 Å². The van der Waals surface area contributed by atoms with Gasteiger partial charge in [0.2, 0.25) is 5.91 Å². The van der Waals surface area contributed by atoms with E-state index >= 15 is 0 Å². The number of benzene rings is 3. The predicted molar refractivity (Wildman–Crippen MR) is 126 cm³/mol. The molecule has 0 unspecified atom stereocenters. The molecule has 34 heavy (non-hydrogen) atoms. The number of hydrogen-bond acceptors (Lipinski definition) is 3. The fourth-order valence-corrected chi connectivity index (χ4v) is 4.70. The lowest BCUT2D eigenvalue weighted by Gasteiger charge is -2.26. The van der Waals surface area contributed by atoms with E-state index in [-0.39, 0.29) is 36.6 Å². The van der Waals surface area contributed by atoms with Crippen molar-refractivity contribution in [1.82, 2.24) is 10.2 Å². The second kappa shape index (κ2) is 9.09. The Morgan fingerprint density at radius 2 is 1.71 bits per heavy atom. The van der Waals surface area contributed by atoms with Gasteiger partial charge in [-0.15, -0.1) is 0 Å². The van der Waals surface area contributed by atoms with Crippen molar-refractivity contribution in [1.29, 1.82) is 0 Å². The molecule has 0 radical (unpaired) electrons. The first-order valence-electron chi connectivity index (χ1n) is 11.3. The van der Waals surface area contributed by atoms with E-state index < -0.39 is 6.04 Å². The largest absolute Gasteiger partial charge is 0.348 e. The fraction of sp³-hybridized carbons (Fsp3) is 0.222. The van der Waals surface area contributed by atoms with E-state index in [9.17, 15) is 18.8 Å². The van der Waals surface area contributed by atoms with Crippen molar-refractivity contribution in [3.05, 3.63) is 101 Å². The Morgan fingerprint density at radius 1 is 0.971 bits per heavy atom. The lowest BCUT2D eigenvalue weighted by atomic mass is 10.0. The standard InChI is InChI=1S/C27H24FN3O3/c28-20-13-11-18(12-14-20)16-29-25(32)21-7-2-1-6-19(21)17-31-23-9-4-3-8-22(23)26(33)30-15-5-10-24(30)27(31)34/h1-4,6-9,11-14,24H,5,10,15-17H2,(H,29,32)/t24-/m1/s1. The minimum atomic E-state index is -0.487. The lowest BCUT2D eigenvalue weighted by molar-refractivity contribution is -0.122. The first kappa shape index (κ1) is 21.8. The second-order valence-electron chi connectivity index (χ2n) is 8.56. The molecular weight excluding hydrogens is 433 g/mol. The van der Waals surface area contributed by atoms with Gasteiger partial charge in [0, 0.05) is 18.7 Å². The van der Waals surface area contributed by atoms with Gasteiger partial charge in [-0.2, -0.15) is 0 Å². The van der Waals surface area contributed by atoms with Gasteiger partial charge in [-0.3, -0.25) is 14.4 Å². The molecule has 0 aliphatic carbocycles. The predicted octanol–water partition coefficient (Wildman–Crippen LogP) is 3.91. The summed E-state index contributed by atoms with van der Waals surface area (Å²) in [5, 5.41) is 2.87. The third-order valence-corrected chi connectivity index (χ3v) is 6.45. The van der Waals surface area contributed by atoms with Crippen molar-refractivity contribution in [2.75, 3.05) is 11.4 Å². The molecule has 3 aromatic carbocycles. The maximum absolute atomic E-state index is 13.6. The minimum Gasteiger partial charge on any atom is -0.348 e. The average molecular weight is 458 g/mol. The third-order valence-electron chi connectivity index (χ3n) is 6.45. The van der Waals surface area contributed by atoms with E-state index in [1.165, 1.54) is 12.1 Å². The van der Waals surface area contributed by atoms with E-state index in [0.717, 1.165) is 12.0 Å². The third kappa shape index (κ3) is 4.05. The van der Waals surface area contributed by atoms with Gasteiger partial charge in [0.15, 0.2) is 0 Å². The molecule has 172 valence electrons. The van der Waals surface area contributed by atoms with Gasteiger partial charge in [-0.25, -0.2) is 4.39 Å². The Labute approximate surface area is 197 Å². The summed E-state index contributed by atoms with van der Waals surface area (Å²) in [7, 11) is 0. The average Bonchev–Trinajstić information content (AvgIpc) is 3.34. The molecule has 1 fully saturated rings. The van der Waals surface area contributed by atoms with Crippen LogP contribution in [0, 0.1) is 5.82 Å². The van der Waals surface area contributed by atoms with Gasteiger partial charge in [-0.05, 0) is 54.3 Å². The molecule has 2 aliphatic heterocycles. The summed E-state index contributed by atoms with van der Waals surface area (Å²) in [5.74, 6) is -0.868. The number of rotatable bonds is 5. The summed E-state index contributed by atoms with van der Waals surface area (Å²) in [4.78, 5) is 43.0. The van der Waals surface area contributed by atoms with Gasteiger partial charge >= 0.3 is 0 Å². The van der Waals surface area contributed by atoms with Gasteiger partial charge in [-0.1, -0.05) is 42.5 Å². The van der Waals surface area contributed by atoms with E-state index in [2.05, 4.69) is 5.32 Å². The quantitative estimate of drug-likeness (QED) is 0.632. The van der Waals surface area contributed by atoms with Gasteiger partial charge in [0.05, 0.1) is 17.8 Å². The van der Waals surface area contributed by atoms with Crippen LogP contribution in [-0.4, -0.2) is 35.2 Å². The highest BCUT2D eigenvalue weighted by Gasteiger charge is 2.42. The first-order chi connectivity index (χ1) is 16.5. The number of nitrogens with one attached hydrogen (secondary N) is 1. The molecule has 3 amide bonds. The number of amides is 3. The number of anilines is 1. The molecule has 1 N–H and O–H groups in total. The molecule has 2 heterocycles. The molecule has 0 saturated carbocycles. The summed E-state index contributed by atoms with van der Waals surface area (Å²) in [5.41, 5.74) is 2.98. The van der Waals surface area contributed by atoms with Crippen LogP contribution in [-0.2, 0) is 17.9 Å². The Hall–Kier alpha value is -4.00. The first-order valence-corrected chi connectivity index (χ1v) is 11.3. The van der Waals surface area contributed by atoms with Crippen molar-refractivity contribution in [3.8, 4) is 0 Å². The Morgan fingerprint density at radius 3 is 2.53 bits per heavy atom. The van der Waals surface area contributed by atoms with Crippen LogP contribution in [0.15, 0.2) is 72.8 Å². The zero-order chi connectivity index (χ0) is 23.7. The molecule has 6 nitrogen and oxygen atoms in total. The molecule has 7 heteroatoms. The number of hydrogen-bond donors (Lipinski definition) is 1. The van der Waals surface area contributed by atoms with Crippen molar-refractivity contribution in [2.24, 2.45) is 0 Å². The smallest absolute Gasteiger partial charge is 0.256 e. The monoisotopic (exact) mass is 457 g/mol. The van der Waals surface area contributed by atoms with Gasteiger partial charge in [0.1, 0.15) is 11.9 Å². The van der Waals surface area contributed by atoms with Crippen LogP contribution in [0.25, 0.3) is 0 Å². The summed E-state index contributed by atoms with van der Waals surface area (Å²) >= 11 is 0. The van der Waals surface area contributed by atoms with Gasteiger partial charge in [0.25, 0.3) is 11.8 Å². The molecular formula is C27H24FN3O3. The van der Waals surface area contributed by atoms with E-state index in [1.807, 2.05) is 18.2 Å². The molecule has 1 atom stereocenters. The second-order valence-corrected chi connectivity index (χ2v) is 8.56. The van der Waals surface area contributed by atoms with E-state index in [0.29, 0.717) is 35.3 Å². The lowest BCUT2D eigenvalue weighted by Crippen LogP contribution is -2.44. The van der Waals surface area contributed by atoms with Crippen molar-refractivity contribution in [2.45, 2.75) is 32.0 Å². The SMILES string of the molecule is O=C(NCc1ccc(F)cc1)c1ccccc1CN1C(=O)[C@H]2CCCN2C(=O)c2ccccc21. The Kier molecular flexibility index (Phi) is 5.84. The molecule has 0 bridgehead atoms. The van der Waals surface area contributed by atoms with Crippen LogP contribution in [0.3, 0.4) is 0 Å². The maximum Gasteiger partial charge on any atom is 0.256 e. The molecule has 3 aromatic rings. The molecule has 5 rings (SSSR count). The number of carbonyl (C=O) groups is 3. The van der Waals surface area contributed by atoms with Crippen LogP contribution in [0.2, 0.25) is 0 Å². The maximum atomic E-state index is 13.6. The minimum absolute atomic E-state index is 0.126. The summed E-state index contributed by atoms with van der Waals surface area (Å²) < 4.78 is 13.2. The summed E-state index contributed by atoms with van der Waals surface area (Å²) in [6, 6.07) is 19.7. The molecule has 0 spiro atoms. The number of para-hydroxylation sites is 1. The zero-order valence-electron chi connectivity index (χ0n) is 18.5. The highest BCUT2D eigenvalue weighted by atomic mass is 19.1. The number of fused-ring (bicyclic) bond motifs is 2. The van der Waals surface area contributed by atoms with Crippen LogP contribution in [0.5, 0.6) is 0 Å². The summed E-state index contributed by atoms with van der Waals surface area (Å²) in [6.45, 7) is 0.998. The van der Waals surface area contributed by atoms with Crippen molar-refractivity contribution < 1.29 is 18.8 Å². The highest BCUT2D eigenvalue weighted by molar-refractivity contribution is 6.11. The van der Waals surface area contributed by atoms with Gasteiger partial charge < -0.3 is 15.1 Å². The normalized spacial score (nSPS) is 17.3. The Balaban J connectivity index is 1.43. The number of halogens is 1. The molecule has 2 aliphatic rings. The molecule has 1 saturated heterocycles. The van der Waals surface area contributed by atoms with Crippen molar-refractivity contribution in [3.63, 3.8) is 0 Å².